The molecular weight excluding hydrogens is 584 g/mol. The zero-order valence-corrected chi connectivity index (χ0v) is 25.3. The second-order valence-electron chi connectivity index (χ2n) is 11.5. The molecule has 8 rings (SSSR count). The molecule has 0 radical (unpaired) electrons. The minimum atomic E-state index is -0.264. The van der Waals surface area contributed by atoms with Crippen molar-refractivity contribution in [3.05, 3.63) is 92.5 Å². The predicted octanol–water partition coefficient (Wildman–Crippen LogP) is 5.34. The third kappa shape index (κ3) is 4.09. The van der Waals surface area contributed by atoms with Crippen LogP contribution in [-0.2, 0) is 31.9 Å². The maximum Gasteiger partial charge on any atom is 0.306 e. The van der Waals surface area contributed by atoms with E-state index in [1.807, 2.05) is 48.5 Å². The van der Waals surface area contributed by atoms with Gasteiger partial charge in [0.15, 0.2) is 0 Å². The van der Waals surface area contributed by atoms with Gasteiger partial charge in [0.1, 0.15) is 11.3 Å². The summed E-state index contributed by atoms with van der Waals surface area (Å²) in [5.74, 6) is -0.519. The number of imidazole rings is 2. The molecule has 0 saturated carbocycles. The highest BCUT2D eigenvalue weighted by Gasteiger charge is 2.22. The first-order chi connectivity index (χ1) is 22.4. The van der Waals surface area contributed by atoms with Crippen molar-refractivity contribution >= 4 is 77.6 Å². The van der Waals surface area contributed by atoms with Gasteiger partial charge < -0.3 is 9.47 Å². The van der Waals surface area contributed by atoms with Crippen molar-refractivity contribution in [3.8, 4) is 0 Å². The van der Waals surface area contributed by atoms with E-state index in [2.05, 4.69) is 0 Å². The van der Waals surface area contributed by atoms with E-state index in [9.17, 15) is 19.2 Å². The van der Waals surface area contributed by atoms with Gasteiger partial charge in [-0.15, -0.1) is 0 Å². The first-order valence-corrected chi connectivity index (χ1v) is 15.4. The number of carbonyl (C=O) groups is 2. The summed E-state index contributed by atoms with van der Waals surface area (Å²) >= 11 is 0. The molecule has 0 aliphatic carbocycles. The molecule has 46 heavy (non-hydrogen) atoms. The maximum absolute atomic E-state index is 14.1. The number of nitrogens with zero attached hydrogens (tertiary/aromatic N) is 4. The Morgan fingerprint density at radius 3 is 1.70 bits per heavy atom. The van der Waals surface area contributed by atoms with Gasteiger partial charge in [-0.1, -0.05) is 12.1 Å². The second-order valence-corrected chi connectivity index (χ2v) is 11.5. The summed E-state index contributed by atoms with van der Waals surface area (Å²) in [4.78, 5) is 61.8. The van der Waals surface area contributed by atoms with Gasteiger partial charge in [-0.2, -0.15) is 0 Å². The van der Waals surface area contributed by atoms with E-state index in [-0.39, 0.29) is 35.9 Å². The highest BCUT2D eigenvalue weighted by Crippen LogP contribution is 2.37. The van der Waals surface area contributed by atoms with Crippen molar-refractivity contribution in [3.63, 3.8) is 0 Å². The molecule has 228 valence electrons. The summed E-state index contributed by atoms with van der Waals surface area (Å²) in [6.45, 7) is 4.23. The molecule has 0 aliphatic heterocycles. The molecule has 0 aliphatic rings. The number of pyridine rings is 2. The van der Waals surface area contributed by atoms with Gasteiger partial charge in [-0.3, -0.25) is 28.0 Å². The number of esters is 2. The monoisotopic (exact) mass is 612 g/mol. The Morgan fingerprint density at radius 1 is 0.609 bits per heavy atom. The Bertz CT molecular complexity index is 2650. The highest BCUT2D eigenvalue weighted by atomic mass is 16.5. The SMILES string of the molecule is CCOC(=O)CCc1ccc2c(c1)nc1c3ccc4c(=O)n5c6cc(CCC(=O)OCC)ccc6nc5c5ccc(c(=O)n21)c3c45. The number of carbonyl (C=O) groups excluding carboxylic acids is 2. The van der Waals surface area contributed by atoms with E-state index >= 15 is 0 Å². The zero-order chi connectivity index (χ0) is 31.7. The molecule has 0 bridgehead atoms. The number of ether oxygens (including phenoxy) is 2. The molecule has 0 amide bonds. The van der Waals surface area contributed by atoms with Gasteiger partial charge in [0.05, 0.1) is 35.3 Å². The van der Waals surface area contributed by atoms with Crippen LogP contribution in [0, 0.1) is 0 Å². The number of aromatic nitrogens is 4. The van der Waals surface area contributed by atoms with Crippen molar-refractivity contribution in [2.75, 3.05) is 13.2 Å². The van der Waals surface area contributed by atoms with Gasteiger partial charge >= 0.3 is 11.9 Å². The predicted molar refractivity (Wildman–Crippen MR) is 176 cm³/mol. The fourth-order valence-electron chi connectivity index (χ4n) is 6.75. The molecule has 0 atom stereocenters. The van der Waals surface area contributed by atoms with Crippen molar-refractivity contribution in [1.29, 1.82) is 0 Å². The lowest BCUT2D eigenvalue weighted by Gasteiger charge is -2.12. The van der Waals surface area contributed by atoms with E-state index in [0.717, 1.165) is 21.9 Å². The molecule has 0 fully saturated rings. The van der Waals surface area contributed by atoms with E-state index in [0.29, 0.717) is 81.0 Å². The van der Waals surface area contributed by atoms with E-state index in [1.165, 1.54) is 0 Å². The van der Waals surface area contributed by atoms with Gasteiger partial charge in [0.25, 0.3) is 11.1 Å². The maximum atomic E-state index is 14.1. The number of hydrogen-bond donors (Lipinski definition) is 0. The molecule has 10 heteroatoms. The first kappa shape index (κ1) is 27.9. The number of rotatable bonds is 8. The van der Waals surface area contributed by atoms with Crippen molar-refractivity contribution in [2.24, 2.45) is 0 Å². The lowest BCUT2D eigenvalue weighted by Crippen LogP contribution is -2.16. The van der Waals surface area contributed by atoms with Crippen LogP contribution in [0.4, 0.5) is 0 Å². The standard InChI is InChI=1S/C36H28N4O6/c1-3-45-29(41)15-7-19-6-14-27-26(17-19)38-34-22-10-12-24-31-21(9-11-23(32(22)31)35(43)39(27)34)33-37-25-13-5-20(8-16-30(42)46-4-2)18-28(25)40(33)36(24)44/h5-6,9-14,17-18H,3-4,7-8,15-16H2,1-2H3. The molecule has 0 unspecified atom stereocenters. The number of aryl methyl sites for hydroxylation is 2. The van der Waals surface area contributed by atoms with Crippen LogP contribution in [0.15, 0.2) is 70.3 Å². The Kier molecular flexibility index (Phi) is 6.35. The van der Waals surface area contributed by atoms with Gasteiger partial charge in [-0.25, -0.2) is 9.97 Å². The van der Waals surface area contributed by atoms with Crippen LogP contribution in [0.3, 0.4) is 0 Å². The van der Waals surface area contributed by atoms with Crippen molar-refractivity contribution in [1.82, 2.24) is 18.8 Å². The normalized spacial score (nSPS) is 12.1. The largest absolute Gasteiger partial charge is 0.466 e. The molecule has 0 N–H and O–H groups in total. The van der Waals surface area contributed by atoms with Gasteiger partial charge in [0, 0.05) is 45.2 Å². The number of hydrogen-bond acceptors (Lipinski definition) is 8. The quantitative estimate of drug-likeness (QED) is 0.167. The molecular formula is C36H28N4O6. The van der Waals surface area contributed by atoms with Crippen LogP contribution in [0.25, 0.3) is 65.7 Å². The van der Waals surface area contributed by atoms with E-state index < -0.39 is 0 Å². The Hall–Kier alpha value is -5.64. The average Bonchev–Trinajstić information content (AvgIpc) is 3.63. The van der Waals surface area contributed by atoms with Gasteiger partial charge in [-0.05, 0) is 86.3 Å². The highest BCUT2D eigenvalue weighted by molar-refractivity contribution is 6.27. The first-order valence-electron chi connectivity index (χ1n) is 15.4. The molecule has 8 aromatic rings. The summed E-state index contributed by atoms with van der Waals surface area (Å²) in [5, 5.41) is 3.88. The fraction of sp³-hybridized carbons (Fsp3) is 0.222. The number of benzene rings is 4. The van der Waals surface area contributed by atoms with Crippen LogP contribution in [-0.4, -0.2) is 43.9 Å². The smallest absolute Gasteiger partial charge is 0.306 e. The molecule has 0 spiro atoms. The lowest BCUT2D eigenvalue weighted by atomic mass is 9.96. The van der Waals surface area contributed by atoms with Crippen LogP contribution < -0.4 is 11.1 Å². The zero-order valence-electron chi connectivity index (χ0n) is 25.3. The van der Waals surface area contributed by atoms with Crippen molar-refractivity contribution < 1.29 is 19.1 Å². The Balaban J connectivity index is 1.33. The Labute approximate surface area is 260 Å². The molecule has 4 aromatic carbocycles. The van der Waals surface area contributed by atoms with Crippen LogP contribution in [0.2, 0.25) is 0 Å². The molecule has 4 heterocycles. The third-order valence-electron chi connectivity index (χ3n) is 8.79. The molecule has 4 aromatic heterocycles. The average molecular weight is 613 g/mol. The van der Waals surface area contributed by atoms with Gasteiger partial charge in [0.2, 0.25) is 0 Å². The minimum Gasteiger partial charge on any atom is -0.466 e. The third-order valence-corrected chi connectivity index (χ3v) is 8.79. The molecule has 0 saturated heterocycles. The lowest BCUT2D eigenvalue weighted by molar-refractivity contribution is -0.144. The van der Waals surface area contributed by atoms with Crippen molar-refractivity contribution in [2.45, 2.75) is 39.5 Å². The van der Waals surface area contributed by atoms with E-state index in [1.54, 1.807) is 34.8 Å². The topological polar surface area (TPSA) is 121 Å². The summed E-state index contributed by atoms with van der Waals surface area (Å²) in [6, 6.07) is 18.7. The van der Waals surface area contributed by atoms with Crippen LogP contribution in [0.5, 0.6) is 0 Å². The number of fused-ring (bicyclic) bond motifs is 8. The summed E-state index contributed by atoms with van der Waals surface area (Å²) in [6.07, 6.45) is 1.49. The Morgan fingerprint density at radius 2 is 1.11 bits per heavy atom. The minimum absolute atomic E-state index is 0.217. The summed E-state index contributed by atoms with van der Waals surface area (Å²) < 4.78 is 13.4. The molecule has 10 nitrogen and oxygen atoms in total. The summed E-state index contributed by atoms with van der Waals surface area (Å²) in [7, 11) is 0. The summed E-state index contributed by atoms with van der Waals surface area (Å²) in [5.41, 5.74) is 5.06. The van der Waals surface area contributed by atoms with Crippen LogP contribution >= 0.6 is 0 Å². The van der Waals surface area contributed by atoms with Crippen LogP contribution in [0.1, 0.15) is 37.8 Å². The van der Waals surface area contributed by atoms with E-state index in [4.69, 9.17) is 19.4 Å². The second kappa shape index (κ2) is 10.5. The fourth-order valence-corrected chi connectivity index (χ4v) is 6.75.